The van der Waals surface area contributed by atoms with Crippen LogP contribution >= 0.6 is 0 Å². The van der Waals surface area contributed by atoms with E-state index in [-0.39, 0.29) is 36.0 Å². The molecule has 0 aliphatic carbocycles. The van der Waals surface area contributed by atoms with Crippen molar-refractivity contribution in [3.05, 3.63) is 65.1 Å². The number of fused-ring (bicyclic) bond motifs is 3. The van der Waals surface area contributed by atoms with Gasteiger partial charge in [0.25, 0.3) is 5.91 Å². The fraction of sp³-hybridized carbons (Fsp3) is 0.444. The van der Waals surface area contributed by atoms with Crippen molar-refractivity contribution in [3.63, 3.8) is 0 Å². The smallest absolute Gasteiger partial charge is 0.416 e. The molecule has 6 rings (SSSR count). The van der Waals surface area contributed by atoms with Crippen molar-refractivity contribution in [2.24, 2.45) is 4.99 Å². The molecule has 4 aliphatic rings. The van der Waals surface area contributed by atoms with Gasteiger partial charge in [-0.3, -0.25) is 4.79 Å². The van der Waals surface area contributed by atoms with E-state index in [0.29, 0.717) is 12.4 Å². The summed E-state index contributed by atoms with van der Waals surface area (Å²) in [6, 6.07) is 9.60. The number of allylic oxidation sites excluding steroid dienone is 1. The van der Waals surface area contributed by atoms with Crippen molar-refractivity contribution >= 4 is 17.9 Å². The number of aliphatic imine (C=N–C) groups is 1. The highest BCUT2D eigenvalue weighted by atomic mass is 19.4. The van der Waals surface area contributed by atoms with Gasteiger partial charge in [0, 0.05) is 30.8 Å². The fourth-order valence-electron chi connectivity index (χ4n) is 5.26. The molecule has 5 heterocycles. The molecule has 4 aliphatic heterocycles. The van der Waals surface area contributed by atoms with E-state index in [9.17, 15) is 18.0 Å². The number of hydrogen-bond donors (Lipinski definition) is 3. The minimum Gasteiger partial charge on any atom is -0.475 e. The average molecular weight is 559 g/mol. The molecule has 13 heteroatoms. The lowest BCUT2D eigenvalue weighted by molar-refractivity contribution is -0.141. The van der Waals surface area contributed by atoms with E-state index >= 15 is 0 Å². The van der Waals surface area contributed by atoms with Gasteiger partial charge in [-0.2, -0.15) is 18.2 Å². The number of alkyl halides is 3. The zero-order valence-electron chi connectivity index (χ0n) is 21.9. The summed E-state index contributed by atoms with van der Waals surface area (Å²) >= 11 is 0. The molecular formula is C27H29F3N6O4. The van der Waals surface area contributed by atoms with Crippen LogP contribution in [0.1, 0.15) is 31.4 Å². The molecule has 2 bridgehead atoms. The van der Waals surface area contributed by atoms with Crippen LogP contribution in [0.2, 0.25) is 0 Å². The van der Waals surface area contributed by atoms with Crippen LogP contribution in [0.15, 0.2) is 59.0 Å². The normalized spacial score (nSPS) is 26.7. The van der Waals surface area contributed by atoms with Crippen molar-refractivity contribution in [2.45, 2.75) is 50.0 Å². The van der Waals surface area contributed by atoms with Crippen LogP contribution in [0.25, 0.3) is 0 Å². The number of carbonyl (C=O) groups is 1. The maximum absolute atomic E-state index is 13.9. The minimum absolute atomic E-state index is 0.0331. The first kappa shape index (κ1) is 26.4. The maximum Gasteiger partial charge on any atom is 0.416 e. The van der Waals surface area contributed by atoms with E-state index in [1.807, 2.05) is 13.8 Å². The van der Waals surface area contributed by atoms with E-state index < -0.39 is 29.1 Å². The first-order valence-electron chi connectivity index (χ1n) is 13.0. The number of nitrogens with one attached hydrogen (secondary N) is 3. The summed E-state index contributed by atoms with van der Waals surface area (Å²) in [4.78, 5) is 24.9. The number of anilines is 1. The summed E-state index contributed by atoms with van der Waals surface area (Å²) in [5, 5.41) is 9.21. The fourth-order valence-corrected chi connectivity index (χ4v) is 5.26. The molecule has 2 saturated heterocycles. The molecule has 10 nitrogen and oxygen atoms in total. The highest BCUT2D eigenvalue weighted by molar-refractivity contribution is 6.00. The molecule has 0 radical (unpaired) electrons. The number of halogens is 3. The molecule has 40 heavy (non-hydrogen) atoms. The Bertz CT molecular complexity index is 1380. The Morgan fingerprint density at radius 2 is 2.08 bits per heavy atom. The SMILES string of the molecule is CC1(C)OC[C@@H](COc2cccc(NC(=O)C3(c4cccc(C(F)(F)F)c4)N=CC4=C(N[C@H]5CCN4C5)N3)n2)O1. The molecule has 1 aromatic heterocycles. The molecular weight excluding hydrogens is 529 g/mol. The molecule has 3 atom stereocenters. The van der Waals surface area contributed by atoms with Gasteiger partial charge in [-0.25, -0.2) is 4.99 Å². The zero-order valence-corrected chi connectivity index (χ0v) is 21.9. The van der Waals surface area contributed by atoms with Gasteiger partial charge in [0.2, 0.25) is 11.5 Å². The van der Waals surface area contributed by atoms with Crippen molar-refractivity contribution in [1.29, 1.82) is 0 Å². The summed E-state index contributed by atoms with van der Waals surface area (Å²) in [5.74, 6) is -0.467. The number of aromatic nitrogens is 1. The molecule has 1 aromatic carbocycles. The van der Waals surface area contributed by atoms with Crippen molar-refractivity contribution < 1.29 is 32.2 Å². The van der Waals surface area contributed by atoms with E-state index in [4.69, 9.17) is 14.2 Å². The summed E-state index contributed by atoms with van der Waals surface area (Å²) in [6.07, 6.45) is -2.44. The average Bonchev–Trinajstić information content (AvgIpc) is 3.48. The van der Waals surface area contributed by atoms with E-state index in [0.717, 1.165) is 37.3 Å². The second-order valence-electron chi connectivity index (χ2n) is 10.6. The van der Waals surface area contributed by atoms with Crippen LogP contribution in [0.4, 0.5) is 19.0 Å². The van der Waals surface area contributed by atoms with Gasteiger partial charge in [0.1, 0.15) is 24.3 Å². The summed E-state index contributed by atoms with van der Waals surface area (Å²) in [6.45, 7) is 5.80. The maximum atomic E-state index is 13.9. The third-order valence-electron chi connectivity index (χ3n) is 7.21. The van der Waals surface area contributed by atoms with Crippen LogP contribution < -0.4 is 20.7 Å². The van der Waals surface area contributed by atoms with Crippen molar-refractivity contribution in [1.82, 2.24) is 20.5 Å². The summed E-state index contributed by atoms with van der Waals surface area (Å²) < 4.78 is 57.9. The number of pyridine rings is 1. The van der Waals surface area contributed by atoms with E-state index in [1.54, 1.807) is 24.4 Å². The number of rotatable bonds is 6. The first-order valence-corrected chi connectivity index (χ1v) is 13.0. The Morgan fingerprint density at radius 3 is 2.85 bits per heavy atom. The highest BCUT2D eigenvalue weighted by Gasteiger charge is 2.47. The Balaban J connectivity index is 1.27. The monoisotopic (exact) mass is 558 g/mol. The Labute approximate surface area is 228 Å². The predicted molar refractivity (Wildman–Crippen MR) is 138 cm³/mol. The van der Waals surface area contributed by atoms with Gasteiger partial charge in [-0.1, -0.05) is 18.2 Å². The summed E-state index contributed by atoms with van der Waals surface area (Å²) in [7, 11) is 0. The molecule has 0 spiro atoms. The molecule has 212 valence electrons. The third-order valence-corrected chi connectivity index (χ3v) is 7.21. The van der Waals surface area contributed by atoms with Gasteiger partial charge in [0.05, 0.1) is 24.1 Å². The second-order valence-corrected chi connectivity index (χ2v) is 10.6. The first-order chi connectivity index (χ1) is 19.0. The van der Waals surface area contributed by atoms with Gasteiger partial charge >= 0.3 is 6.18 Å². The second kappa shape index (κ2) is 9.66. The van der Waals surface area contributed by atoms with Gasteiger partial charge < -0.3 is 35.1 Å². The van der Waals surface area contributed by atoms with Crippen molar-refractivity contribution in [3.8, 4) is 5.88 Å². The van der Waals surface area contributed by atoms with Crippen LogP contribution in [0, 0.1) is 0 Å². The molecule has 3 N–H and O–H groups in total. The molecule has 2 aromatic rings. The molecule has 2 fully saturated rings. The predicted octanol–water partition coefficient (Wildman–Crippen LogP) is 2.94. The zero-order chi connectivity index (χ0) is 28.1. The number of ether oxygens (including phenoxy) is 3. The van der Waals surface area contributed by atoms with Crippen LogP contribution in [0.3, 0.4) is 0 Å². The van der Waals surface area contributed by atoms with Crippen LogP contribution in [-0.4, -0.2) is 66.2 Å². The Morgan fingerprint density at radius 1 is 1.25 bits per heavy atom. The Kier molecular flexibility index (Phi) is 6.37. The lowest BCUT2D eigenvalue weighted by Gasteiger charge is -2.40. The van der Waals surface area contributed by atoms with Gasteiger partial charge in [-0.05, 0) is 38.5 Å². The number of amides is 1. The van der Waals surface area contributed by atoms with Gasteiger partial charge in [0.15, 0.2) is 5.79 Å². The van der Waals surface area contributed by atoms with Crippen molar-refractivity contribution in [2.75, 3.05) is 31.6 Å². The van der Waals surface area contributed by atoms with E-state index in [2.05, 4.69) is 30.8 Å². The molecule has 1 amide bonds. The molecule has 0 saturated carbocycles. The van der Waals surface area contributed by atoms with E-state index in [1.165, 1.54) is 12.1 Å². The lowest BCUT2D eigenvalue weighted by atomic mass is 9.95. The lowest BCUT2D eigenvalue weighted by Crippen LogP contribution is -2.57. The third kappa shape index (κ3) is 5.06. The largest absolute Gasteiger partial charge is 0.475 e. The Hall–Kier alpha value is -3.84. The standard InChI is InChI=1S/C27H29F3N6O4/c1-25(2)39-15-19(40-25)14-38-22-8-4-7-21(33-22)34-24(37)26(16-5-3-6-17(11-16)27(28,29)30)31-12-20-23(35-26)32-18-9-10-36(20)13-18/h3-8,11-12,18-19,32,35H,9-10,13-15H2,1-2H3,(H,33,34,37)/t18-,19+,26?/m0/s1. The van der Waals surface area contributed by atoms with Gasteiger partial charge in [-0.15, -0.1) is 0 Å². The summed E-state index contributed by atoms with van der Waals surface area (Å²) in [5.41, 5.74) is -1.97. The number of carbonyl (C=O) groups excluding carboxylic acids is 1. The number of nitrogens with zero attached hydrogens (tertiary/aromatic N) is 3. The molecule has 1 unspecified atom stereocenters. The minimum atomic E-state index is -4.60. The quantitative estimate of drug-likeness (QED) is 0.497. The number of benzene rings is 1. The topological polar surface area (TPSA) is 109 Å². The number of hydrogen-bond acceptors (Lipinski definition) is 9. The highest BCUT2D eigenvalue weighted by Crippen LogP contribution is 2.36. The van der Waals surface area contributed by atoms with Crippen LogP contribution in [-0.2, 0) is 26.1 Å². The van der Waals surface area contributed by atoms with Crippen LogP contribution in [0.5, 0.6) is 5.88 Å².